The van der Waals surface area contributed by atoms with E-state index in [0.717, 1.165) is 83.5 Å². The normalized spacial score (nSPS) is 12.4. The molecule has 0 N–H and O–H groups in total. The fraction of sp³-hybridized carbons (Fsp3) is 0.827. The van der Waals surface area contributed by atoms with E-state index >= 15 is 0 Å². The number of ether oxygens (including phenoxy) is 3. The number of carbonyl (C=O) groups is 3. The van der Waals surface area contributed by atoms with Gasteiger partial charge in [0, 0.05) is 19.3 Å². The van der Waals surface area contributed by atoms with Crippen LogP contribution in [-0.4, -0.2) is 37.2 Å². The molecule has 0 fully saturated rings. The number of carbonyl (C=O) groups excluding carboxylic acids is 3. The summed E-state index contributed by atoms with van der Waals surface area (Å²) in [7, 11) is 0. The molecule has 0 rings (SSSR count). The van der Waals surface area contributed by atoms with Crippen molar-refractivity contribution in [3.63, 3.8) is 0 Å². The van der Waals surface area contributed by atoms with Crippen LogP contribution in [0, 0.1) is 0 Å². The van der Waals surface area contributed by atoms with Crippen molar-refractivity contribution in [3.05, 3.63) is 60.8 Å². The second kappa shape index (κ2) is 69.6. The van der Waals surface area contributed by atoms with Gasteiger partial charge in [0.25, 0.3) is 0 Å². The lowest BCUT2D eigenvalue weighted by molar-refractivity contribution is -0.167. The first kappa shape index (κ1) is 78.1. The standard InChI is InChI=1S/C75H136O6/c1-4-7-10-13-16-19-22-25-28-30-32-34-35-36-37-38-39-41-42-44-47-50-53-56-59-62-65-68-74(77)80-71-72(70-79-73(76)67-64-61-58-55-52-49-46-27-24-21-18-15-12-9-6-3)81-75(78)69-66-63-60-57-54-51-48-45-43-40-33-31-29-26-23-20-17-14-11-8-5-2/h7,10,16,19,25,28,31-34,72H,4-6,8-9,11-15,17-18,20-24,26-27,29-30,35-71H2,1-3H3/b10-7-,19-16-,28-25-,33-31-,34-32-. The highest BCUT2D eigenvalue weighted by Gasteiger charge is 2.19. The van der Waals surface area contributed by atoms with Crippen LogP contribution in [0.1, 0.15) is 380 Å². The molecule has 0 aliphatic carbocycles. The maximum absolute atomic E-state index is 13.0. The first-order valence-electron chi connectivity index (χ1n) is 35.8. The SMILES string of the molecule is CC/C=C\C/C=C\C/C=C\C/C=C\CCCCCCCCCCCCCCCCC(=O)OCC(COC(=O)CCCCCCCCCCCCCCCCC)OC(=O)CCCCCCCCCCC/C=C\CCCCCCCCCC. The van der Waals surface area contributed by atoms with Gasteiger partial charge in [0.15, 0.2) is 6.10 Å². The molecular weight excluding hydrogens is 997 g/mol. The van der Waals surface area contributed by atoms with E-state index in [4.69, 9.17) is 14.2 Å². The minimum atomic E-state index is -0.774. The van der Waals surface area contributed by atoms with Crippen molar-refractivity contribution in [2.24, 2.45) is 0 Å². The summed E-state index contributed by atoms with van der Waals surface area (Å²) >= 11 is 0. The highest BCUT2D eigenvalue weighted by molar-refractivity contribution is 5.71. The highest BCUT2D eigenvalue weighted by Crippen LogP contribution is 2.18. The Balaban J connectivity index is 4.27. The Morgan fingerprint density at radius 2 is 0.481 bits per heavy atom. The molecule has 0 aromatic heterocycles. The van der Waals surface area contributed by atoms with Gasteiger partial charge >= 0.3 is 17.9 Å². The number of unbranched alkanes of at least 4 members (excludes halogenated alkanes) is 45. The molecule has 81 heavy (non-hydrogen) atoms. The van der Waals surface area contributed by atoms with Crippen molar-refractivity contribution >= 4 is 17.9 Å². The predicted octanol–water partition coefficient (Wildman–Crippen LogP) is 24.7. The fourth-order valence-corrected chi connectivity index (χ4v) is 10.7. The summed E-state index contributed by atoms with van der Waals surface area (Å²) in [6.45, 7) is 6.59. The van der Waals surface area contributed by atoms with Crippen LogP contribution in [-0.2, 0) is 28.6 Å². The summed E-state index contributed by atoms with van der Waals surface area (Å²) in [5, 5.41) is 0. The molecule has 6 nitrogen and oxygen atoms in total. The maximum Gasteiger partial charge on any atom is 0.306 e. The largest absolute Gasteiger partial charge is 0.462 e. The van der Waals surface area contributed by atoms with E-state index < -0.39 is 6.10 Å². The van der Waals surface area contributed by atoms with Gasteiger partial charge in [0.2, 0.25) is 0 Å². The fourth-order valence-electron chi connectivity index (χ4n) is 10.7. The van der Waals surface area contributed by atoms with Crippen LogP contribution in [0.5, 0.6) is 0 Å². The van der Waals surface area contributed by atoms with Crippen molar-refractivity contribution < 1.29 is 28.6 Å². The number of hydrogen-bond acceptors (Lipinski definition) is 6. The molecule has 0 amide bonds. The van der Waals surface area contributed by atoms with Crippen molar-refractivity contribution in [2.75, 3.05) is 13.2 Å². The summed E-state index contributed by atoms with van der Waals surface area (Å²) < 4.78 is 17.0. The van der Waals surface area contributed by atoms with E-state index in [2.05, 4.69) is 81.5 Å². The molecule has 0 aromatic rings. The molecule has 1 unspecified atom stereocenters. The number of esters is 3. The van der Waals surface area contributed by atoms with Crippen molar-refractivity contribution in [1.82, 2.24) is 0 Å². The van der Waals surface area contributed by atoms with Crippen molar-refractivity contribution in [1.29, 1.82) is 0 Å². The lowest BCUT2D eigenvalue weighted by atomic mass is 10.0. The van der Waals surface area contributed by atoms with Crippen LogP contribution in [0.3, 0.4) is 0 Å². The third-order valence-corrected chi connectivity index (χ3v) is 16.0. The Hall–Kier alpha value is -2.89. The van der Waals surface area contributed by atoms with Crippen LogP contribution in [0.4, 0.5) is 0 Å². The van der Waals surface area contributed by atoms with E-state index in [-0.39, 0.29) is 31.1 Å². The Morgan fingerprint density at radius 1 is 0.259 bits per heavy atom. The van der Waals surface area contributed by atoms with E-state index in [1.54, 1.807) is 0 Å². The molecule has 0 aromatic carbocycles. The van der Waals surface area contributed by atoms with Crippen LogP contribution >= 0.6 is 0 Å². The first-order valence-corrected chi connectivity index (χ1v) is 35.8. The number of allylic oxidation sites excluding steroid dienone is 10. The zero-order chi connectivity index (χ0) is 58.5. The molecule has 0 saturated heterocycles. The Morgan fingerprint density at radius 3 is 0.765 bits per heavy atom. The second-order valence-corrected chi connectivity index (χ2v) is 24.1. The molecule has 1 atom stereocenters. The van der Waals surface area contributed by atoms with Gasteiger partial charge < -0.3 is 14.2 Å². The van der Waals surface area contributed by atoms with Gasteiger partial charge in [0.1, 0.15) is 13.2 Å². The molecule has 0 bridgehead atoms. The first-order chi connectivity index (χ1) is 40.0. The van der Waals surface area contributed by atoms with Crippen molar-refractivity contribution in [3.8, 4) is 0 Å². The van der Waals surface area contributed by atoms with Crippen LogP contribution in [0.25, 0.3) is 0 Å². The minimum Gasteiger partial charge on any atom is -0.462 e. The number of hydrogen-bond donors (Lipinski definition) is 0. The number of rotatable bonds is 66. The Kier molecular flexibility index (Phi) is 67.1. The van der Waals surface area contributed by atoms with Gasteiger partial charge in [-0.2, -0.15) is 0 Å². The lowest BCUT2D eigenvalue weighted by Gasteiger charge is -2.18. The topological polar surface area (TPSA) is 78.9 Å². The van der Waals surface area contributed by atoms with Gasteiger partial charge in [0.05, 0.1) is 0 Å². The maximum atomic E-state index is 13.0. The Labute approximate surface area is 504 Å². The molecule has 0 aliphatic heterocycles. The summed E-state index contributed by atoms with van der Waals surface area (Å²) in [5.41, 5.74) is 0. The molecular formula is C75H136O6. The van der Waals surface area contributed by atoms with Crippen LogP contribution < -0.4 is 0 Å². The zero-order valence-electron chi connectivity index (χ0n) is 54.3. The van der Waals surface area contributed by atoms with Gasteiger partial charge in [-0.25, -0.2) is 0 Å². The second-order valence-electron chi connectivity index (χ2n) is 24.1. The van der Waals surface area contributed by atoms with E-state index in [1.165, 1.54) is 257 Å². The summed E-state index contributed by atoms with van der Waals surface area (Å²) in [6.07, 6.45) is 89.6. The lowest BCUT2D eigenvalue weighted by Crippen LogP contribution is -2.30. The van der Waals surface area contributed by atoms with E-state index in [1.807, 2.05) is 0 Å². The molecule has 0 aliphatic rings. The van der Waals surface area contributed by atoms with Gasteiger partial charge in [-0.05, 0) is 83.5 Å². The van der Waals surface area contributed by atoms with Crippen LogP contribution in [0.2, 0.25) is 0 Å². The predicted molar refractivity (Wildman–Crippen MR) is 353 cm³/mol. The summed E-state index contributed by atoms with van der Waals surface area (Å²) in [4.78, 5) is 38.5. The third-order valence-electron chi connectivity index (χ3n) is 16.0. The molecule has 472 valence electrons. The van der Waals surface area contributed by atoms with Gasteiger partial charge in [-0.15, -0.1) is 0 Å². The molecule has 0 radical (unpaired) electrons. The summed E-state index contributed by atoms with van der Waals surface area (Å²) in [5.74, 6) is -0.845. The smallest absolute Gasteiger partial charge is 0.306 e. The molecule has 0 saturated carbocycles. The van der Waals surface area contributed by atoms with E-state index in [0.29, 0.717) is 19.3 Å². The summed E-state index contributed by atoms with van der Waals surface area (Å²) in [6, 6.07) is 0. The average Bonchev–Trinajstić information content (AvgIpc) is 3.47. The zero-order valence-corrected chi connectivity index (χ0v) is 54.3. The average molecular weight is 1130 g/mol. The quantitative estimate of drug-likeness (QED) is 0.0261. The van der Waals surface area contributed by atoms with Crippen LogP contribution in [0.15, 0.2) is 60.8 Å². The monoisotopic (exact) mass is 1130 g/mol. The Bertz CT molecular complexity index is 1440. The van der Waals surface area contributed by atoms with Gasteiger partial charge in [-0.3, -0.25) is 14.4 Å². The molecule has 6 heteroatoms. The molecule has 0 spiro atoms. The third kappa shape index (κ3) is 67.8. The highest BCUT2D eigenvalue weighted by atomic mass is 16.6. The van der Waals surface area contributed by atoms with Crippen molar-refractivity contribution in [2.45, 2.75) is 386 Å². The van der Waals surface area contributed by atoms with Gasteiger partial charge in [-0.1, -0.05) is 338 Å². The molecule has 0 heterocycles. The van der Waals surface area contributed by atoms with E-state index in [9.17, 15) is 14.4 Å². The minimum absolute atomic E-state index is 0.0695.